The number of aryl methyl sites for hydroxylation is 1. The Balaban J connectivity index is 1.38. The topological polar surface area (TPSA) is 115 Å². The van der Waals surface area contributed by atoms with Crippen LogP contribution < -0.4 is 5.73 Å². The van der Waals surface area contributed by atoms with E-state index in [1.807, 2.05) is 13.0 Å². The fourth-order valence-electron chi connectivity index (χ4n) is 3.88. The predicted molar refractivity (Wildman–Crippen MR) is 110 cm³/mol. The van der Waals surface area contributed by atoms with Crippen LogP contribution >= 0.6 is 0 Å². The first-order valence-electron chi connectivity index (χ1n) is 10.2. The molecule has 0 aromatic carbocycles. The first-order chi connectivity index (χ1) is 14.5. The number of amides is 2. The van der Waals surface area contributed by atoms with Crippen LogP contribution in [-0.2, 0) is 4.74 Å². The summed E-state index contributed by atoms with van der Waals surface area (Å²) >= 11 is 0. The number of hydrogen-bond donors (Lipinski definition) is 1. The van der Waals surface area contributed by atoms with E-state index < -0.39 is 0 Å². The highest BCUT2D eigenvalue weighted by molar-refractivity contribution is 5.98. The van der Waals surface area contributed by atoms with Crippen LogP contribution in [0, 0.1) is 6.92 Å². The lowest BCUT2D eigenvalue weighted by Gasteiger charge is -2.32. The zero-order chi connectivity index (χ0) is 21.1. The Hall–Kier alpha value is -3.07. The molecule has 0 atom stereocenters. The normalized spacial score (nSPS) is 17.8. The van der Waals surface area contributed by atoms with E-state index in [-0.39, 0.29) is 23.6 Å². The number of nitrogen functional groups attached to an aromatic ring is 1. The highest BCUT2D eigenvalue weighted by Crippen LogP contribution is 2.29. The zero-order valence-corrected chi connectivity index (χ0v) is 17.1. The molecule has 9 nitrogen and oxygen atoms in total. The van der Waals surface area contributed by atoms with Gasteiger partial charge in [0.1, 0.15) is 11.5 Å². The molecule has 0 aliphatic carbocycles. The number of likely N-dealkylation sites (tertiary alicyclic amines) is 1. The van der Waals surface area contributed by atoms with Gasteiger partial charge in [-0.1, -0.05) is 0 Å². The van der Waals surface area contributed by atoms with Gasteiger partial charge in [-0.3, -0.25) is 14.6 Å². The molecule has 4 heterocycles. The van der Waals surface area contributed by atoms with Gasteiger partial charge in [0.05, 0.1) is 30.7 Å². The van der Waals surface area contributed by atoms with Crippen LogP contribution in [0.2, 0.25) is 0 Å². The van der Waals surface area contributed by atoms with E-state index in [0.717, 1.165) is 24.2 Å². The zero-order valence-electron chi connectivity index (χ0n) is 17.1. The second kappa shape index (κ2) is 8.74. The van der Waals surface area contributed by atoms with Crippen molar-refractivity contribution in [2.45, 2.75) is 25.7 Å². The summed E-state index contributed by atoms with van der Waals surface area (Å²) < 4.78 is 5.30. The number of piperidine rings is 1. The minimum absolute atomic E-state index is 0.0973. The summed E-state index contributed by atoms with van der Waals surface area (Å²) in [6, 6.07) is 3.66. The largest absolute Gasteiger partial charge is 0.383 e. The van der Waals surface area contributed by atoms with Crippen LogP contribution in [-0.4, -0.2) is 76.0 Å². The van der Waals surface area contributed by atoms with Gasteiger partial charge in [0, 0.05) is 44.0 Å². The number of rotatable bonds is 3. The summed E-state index contributed by atoms with van der Waals surface area (Å²) in [4.78, 5) is 41.7. The Morgan fingerprint density at radius 3 is 2.33 bits per heavy atom. The van der Waals surface area contributed by atoms with Crippen molar-refractivity contribution in [3.63, 3.8) is 0 Å². The number of morpholine rings is 1. The van der Waals surface area contributed by atoms with Gasteiger partial charge in [-0.25, -0.2) is 9.97 Å². The first-order valence-corrected chi connectivity index (χ1v) is 10.2. The van der Waals surface area contributed by atoms with Crippen molar-refractivity contribution in [2.24, 2.45) is 0 Å². The lowest BCUT2D eigenvalue weighted by Crippen LogP contribution is -2.41. The van der Waals surface area contributed by atoms with E-state index in [9.17, 15) is 9.59 Å². The molecule has 2 aromatic rings. The Kier molecular flexibility index (Phi) is 5.89. The maximum Gasteiger partial charge on any atom is 0.274 e. The van der Waals surface area contributed by atoms with Crippen LogP contribution in [0.5, 0.6) is 0 Å². The van der Waals surface area contributed by atoms with Crippen molar-refractivity contribution in [1.82, 2.24) is 24.8 Å². The molecule has 0 bridgehead atoms. The molecule has 2 N–H and O–H groups in total. The van der Waals surface area contributed by atoms with Crippen LogP contribution in [0.4, 0.5) is 5.82 Å². The molecule has 2 aliphatic rings. The number of nitrogens with zero attached hydrogens (tertiary/aromatic N) is 5. The van der Waals surface area contributed by atoms with Crippen molar-refractivity contribution in [3.05, 3.63) is 47.2 Å². The average Bonchev–Trinajstić information content (AvgIpc) is 2.79. The van der Waals surface area contributed by atoms with E-state index >= 15 is 0 Å². The van der Waals surface area contributed by atoms with E-state index in [0.29, 0.717) is 50.7 Å². The summed E-state index contributed by atoms with van der Waals surface area (Å²) in [6.45, 7) is 5.30. The second-order valence-corrected chi connectivity index (χ2v) is 7.68. The number of pyridine rings is 1. The van der Waals surface area contributed by atoms with E-state index in [2.05, 4.69) is 15.0 Å². The second-order valence-electron chi connectivity index (χ2n) is 7.68. The lowest BCUT2D eigenvalue weighted by atomic mass is 9.92. The number of nitrogens with two attached hydrogens (primary N) is 1. The Bertz CT molecular complexity index is 919. The van der Waals surface area contributed by atoms with Crippen LogP contribution in [0.1, 0.15) is 51.0 Å². The summed E-state index contributed by atoms with van der Waals surface area (Å²) in [5.41, 5.74) is 8.58. The summed E-state index contributed by atoms with van der Waals surface area (Å²) in [5.74, 6) is 0.264. The lowest BCUT2D eigenvalue weighted by molar-refractivity contribution is 0.0303. The molecule has 158 valence electrons. The summed E-state index contributed by atoms with van der Waals surface area (Å²) in [5, 5.41) is 0. The highest BCUT2D eigenvalue weighted by atomic mass is 16.5. The van der Waals surface area contributed by atoms with Gasteiger partial charge in [0.2, 0.25) is 0 Å². The molecule has 9 heteroatoms. The minimum Gasteiger partial charge on any atom is -0.383 e. The molecule has 2 aliphatic heterocycles. The molecule has 2 aromatic heterocycles. The average molecular weight is 410 g/mol. The van der Waals surface area contributed by atoms with E-state index in [1.54, 1.807) is 22.1 Å². The molecule has 0 saturated carbocycles. The molecule has 4 rings (SSSR count). The smallest absolute Gasteiger partial charge is 0.274 e. The van der Waals surface area contributed by atoms with E-state index in [1.165, 1.54) is 6.20 Å². The van der Waals surface area contributed by atoms with Crippen molar-refractivity contribution in [1.29, 1.82) is 0 Å². The highest BCUT2D eigenvalue weighted by Gasteiger charge is 2.27. The third-order valence-electron chi connectivity index (χ3n) is 5.68. The summed E-state index contributed by atoms with van der Waals surface area (Å²) in [7, 11) is 0. The molecular formula is C21H26N6O3. The molecule has 0 radical (unpaired) electrons. The minimum atomic E-state index is -0.102. The number of aromatic nitrogens is 3. The van der Waals surface area contributed by atoms with Gasteiger partial charge in [0.25, 0.3) is 11.8 Å². The third kappa shape index (κ3) is 4.25. The molecule has 30 heavy (non-hydrogen) atoms. The number of carbonyl (C=O) groups excluding carboxylic acids is 2. The Morgan fingerprint density at radius 2 is 1.70 bits per heavy atom. The fourth-order valence-corrected chi connectivity index (χ4v) is 3.88. The molecule has 0 spiro atoms. The Morgan fingerprint density at radius 1 is 1.00 bits per heavy atom. The van der Waals surface area contributed by atoms with Gasteiger partial charge >= 0.3 is 0 Å². The summed E-state index contributed by atoms with van der Waals surface area (Å²) in [6.07, 6.45) is 4.70. The van der Waals surface area contributed by atoms with Gasteiger partial charge in [-0.2, -0.15) is 0 Å². The van der Waals surface area contributed by atoms with Crippen molar-refractivity contribution < 1.29 is 14.3 Å². The van der Waals surface area contributed by atoms with Crippen LogP contribution in [0.3, 0.4) is 0 Å². The molecule has 0 unspecified atom stereocenters. The molecule has 2 fully saturated rings. The standard InChI is InChI=1S/C21H26N6O3/c1-14-12-24-18(13-23-14)21(29)26-6-4-15(5-7-26)17-3-2-16(19(22)25-17)20(28)27-8-10-30-11-9-27/h2-3,12-13,15H,4-11H2,1H3,(H2,22,25). The van der Waals surface area contributed by atoms with E-state index in [4.69, 9.17) is 10.5 Å². The van der Waals surface area contributed by atoms with Crippen LogP contribution in [0.25, 0.3) is 0 Å². The maximum atomic E-state index is 12.7. The van der Waals surface area contributed by atoms with Crippen molar-refractivity contribution in [2.75, 3.05) is 45.1 Å². The fraction of sp³-hybridized carbons (Fsp3) is 0.476. The number of hydrogen-bond acceptors (Lipinski definition) is 7. The molecular weight excluding hydrogens is 384 g/mol. The third-order valence-corrected chi connectivity index (χ3v) is 5.68. The first kappa shape index (κ1) is 20.2. The monoisotopic (exact) mass is 410 g/mol. The number of carbonyl (C=O) groups is 2. The Labute approximate surface area is 175 Å². The number of anilines is 1. The number of ether oxygens (including phenoxy) is 1. The molecule has 2 saturated heterocycles. The van der Waals surface area contributed by atoms with Gasteiger partial charge in [-0.05, 0) is 31.9 Å². The van der Waals surface area contributed by atoms with Gasteiger partial charge in [0.15, 0.2) is 0 Å². The van der Waals surface area contributed by atoms with Gasteiger partial charge < -0.3 is 20.3 Å². The maximum absolute atomic E-state index is 12.7. The van der Waals surface area contributed by atoms with Crippen molar-refractivity contribution >= 4 is 17.6 Å². The predicted octanol–water partition coefficient (Wildman–Crippen LogP) is 1.25. The molecule has 2 amide bonds. The SMILES string of the molecule is Cc1cnc(C(=O)N2CCC(c3ccc(C(=O)N4CCOCC4)c(N)n3)CC2)cn1. The van der Waals surface area contributed by atoms with Crippen molar-refractivity contribution in [3.8, 4) is 0 Å². The van der Waals surface area contributed by atoms with Gasteiger partial charge in [-0.15, -0.1) is 0 Å². The quantitative estimate of drug-likeness (QED) is 0.810. The van der Waals surface area contributed by atoms with Crippen LogP contribution in [0.15, 0.2) is 24.5 Å².